The molecule has 16 heavy (non-hydrogen) atoms. The zero-order chi connectivity index (χ0) is 11.4. The van der Waals surface area contributed by atoms with E-state index >= 15 is 0 Å². The molecular formula is C12H16N2O2. The van der Waals surface area contributed by atoms with Crippen LogP contribution in [0.25, 0.3) is 0 Å². The molecule has 0 spiro atoms. The molecule has 1 aliphatic heterocycles. The standard InChI is InChI=1S/C12H16N2O2/c13-11(10-4-2-1-3-5-10)12(15)14-6-8-16-9-7-14/h1-5,11H,6-9,13H2. The number of hydrogen-bond acceptors (Lipinski definition) is 3. The normalized spacial score (nSPS) is 18.2. The van der Waals surface area contributed by atoms with Gasteiger partial charge in [-0.1, -0.05) is 30.3 Å². The molecule has 4 heteroatoms. The van der Waals surface area contributed by atoms with Crippen molar-refractivity contribution in [3.8, 4) is 0 Å². The minimum Gasteiger partial charge on any atom is -0.378 e. The van der Waals surface area contributed by atoms with Crippen LogP contribution in [0, 0.1) is 0 Å². The molecule has 2 rings (SSSR count). The summed E-state index contributed by atoms with van der Waals surface area (Å²) in [5.74, 6) is -0.0190. The number of morpholine rings is 1. The van der Waals surface area contributed by atoms with Gasteiger partial charge in [-0.05, 0) is 5.56 Å². The Balaban J connectivity index is 2.04. The van der Waals surface area contributed by atoms with Gasteiger partial charge in [0.2, 0.25) is 5.91 Å². The van der Waals surface area contributed by atoms with E-state index in [1.165, 1.54) is 0 Å². The van der Waals surface area contributed by atoms with Crippen LogP contribution in [0.1, 0.15) is 11.6 Å². The summed E-state index contributed by atoms with van der Waals surface area (Å²) in [5, 5.41) is 0. The Morgan fingerprint density at radius 3 is 2.50 bits per heavy atom. The predicted octanol–water partition coefficient (Wildman–Crippen LogP) is 0.545. The lowest BCUT2D eigenvalue weighted by Gasteiger charge is -2.29. The first kappa shape index (κ1) is 11.1. The van der Waals surface area contributed by atoms with Crippen molar-refractivity contribution >= 4 is 5.91 Å². The summed E-state index contributed by atoms with van der Waals surface area (Å²) < 4.78 is 5.20. The van der Waals surface area contributed by atoms with E-state index in [1.807, 2.05) is 30.3 Å². The van der Waals surface area contributed by atoms with Gasteiger partial charge in [-0.15, -0.1) is 0 Å². The third-order valence-corrected chi connectivity index (χ3v) is 2.75. The fraction of sp³-hybridized carbons (Fsp3) is 0.417. The SMILES string of the molecule is NC(C(=O)N1CCOCC1)c1ccccc1. The van der Waals surface area contributed by atoms with E-state index in [1.54, 1.807) is 4.90 Å². The molecule has 1 amide bonds. The molecule has 1 fully saturated rings. The highest BCUT2D eigenvalue weighted by molar-refractivity contribution is 5.83. The summed E-state index contributed by atoms with van der Waals surface area (Å²) in [6.45, 7) is 2.49. The van der Waals surface area contributed by atoms with Crippen molar-refractivity contribution in [3.63, 3.8) is 0 Å². The highest BCUT2D eigenvalue weighted by Gasteiger charge is 2.23. The summed E-state index contributed by atoms with van der Waals surface area (Å²) in [4.78, 5) is 13.8. The Bertz CT molecular complexity index is 347. The Labute approximate surface area is 95.0 Å². The Morgan fingerprint density at radius 1 is 1.25 bits per heavy atom. The zero-order valence-electron chi connectivity index (χ0n) is 9.13. The second-order valence-corrected chi connectivity index (χ2v) is 3.83. The monoisotopic (exact) mass is 220 g/mol. The predicted molar refractivity (Wildman–Crippen MR) is 60.8 cm³/mol. The molecule has 1 unspecified atom stereocenters. The number of nitrogens with zero attached hydrogens (tertiary/aromatic N) is 1. The molecule has 0 aromatic heterocycles. The maximum absolute atomic E-state index is 12.0. The van der Waals surface area contributed by atoms with E-state index < -0.39 is 6.04 Å². The first-order valence-electron chi connectivity index (χ1n) is 5.46. The van der Waals surface area contributed by atoms with Crippen LogP contribution in [0.15, 0.2) is 30.3 Å². The van der Waals surface area contributed by atoms with Gasteiger partial charge in [0.25, 0.3) is 0 Å². The molecule has 1 saturated heterocycles. The maximum Gasteiger partial charge on any atom is 0.244 e. The van der Waals surface area contributed by atoms with Crippen molar-refractivity contribution in [2.24, 2.45) is 5.73 Å². The average molecular weight is 220 g/mol. The van der Waals surface area contributed by atoms with Gasteiger partial charge in [0.05, 0.1) is 13.2 Å². The first-order valence-corrected chi connectivity index (χ1v) is 5.46. The van der Waals surface area contributed by atoms with Crippen LogP contribution < -0.4 is 5.73 Å². The Kier molecular flexibility index (Phi) is 3.54. The number of ether oxygens (including phenoxy) is 1. The van der Waals surface area contributed by atoms with Crippen molar-refractivity contribution in [1.82, 2.24) is 4.90 Å². The van der Waals surface area contributed by atoms with E-state index in [-0.39, 0.29) is 5.91 Å². The molecule has 86 valence electrons. The van der Waals surface area contributed by atoms with Gasteiger partial charge >= 0.3 is 0 Å². The number of carbonyl (C=O) groups excluding carboxylic acids is 1. The van der Waals surface area contributed by atoms with Crippen molar-refractivity contribution in [3.05, 3.63) is 35.9 Å². The average Bonchev–Trinajstić information content (AvgIpc) is 2.39. The fourth-order valence-corrected chi connectivity index (χ4v) is 1.78. The number of hydrogen-bond donors (Lipinski definition) is 1. The van der Waals surface area contributed by atoms with Crippen LogP contribution in [0.2, 0.25) is 0 Å². The molecule has 4 nitrogen and oxygen atoms in total. The van der Waals surface area contributed by atoms with Crippen LogP contribution in [-0.2, 0) is 9.53 Å². The Morgan fingerprint density at radius 2 is 1.88 bits per heavy atom. The molecule has 0 aliphatic carbocycles. The van der Waals surface area contributed by atoms with Crippen molar-refractivity contribution in [1.29, 1.82) is 0 Å². The van der Waals surface area contributed by atoms with Crippen LogP contribution in [-0.4, -0.2) is 37.1 Å². The van der Waals surface area contributed by atoms with Gasteiger partial charge in [-0.25, -0.2) is 0 Å². The highest BCUT2D eigenvalue weighted by atomic mass is 16.5. The first-order chi connectivity index (χ1) is 7.79. The molecule has 0 radical (unpaired) electrons. The summed E-state index contributed by atoms with van der Waals surface area (Å²) in [7, 11) is 0. The van der Waals surface area contributed by atoms with Crippen LogP contribution in [0.3, 0.4) is 0 Å². The summed E-state index contributed by atoms with van der Waals surface area (Å²) in [5.41, 5.74) is 6.80. The van der Waals surface area contributed by atoms with Crippen molar-refractivity contribution in [2.45, 2.75) is 6.04 Å². The molecular weight excluding hydrogens is 204 g/mol. The quantitative estimate of drug-likeness (QED) is 0.791. The molecule has 1 heterocycles. The zero-order valence-corrected chi connectivity index (χ0v) is 9.13. The smallest absolute Gasteiger partial charge is 0.244 e. The van der Waals surface area contributed by atoms with E-state index in [4.69, 9.17) is 10.5 Å². The van der Waals surface area contributed by atoms with Crippen molar-refractivity contribution in [2.75, 3.05) is 26.3 Å². The van der Waals surface area contributed by atoms with E-state index in [2.05, 4.69) is 0 Å². The molecule has 1 atom stereocenters. The summed E-state index contributed by atoms with van der Waals surface area (Å²) in [6.07, 6.45) is 0. The number of carbonyl (C=O) groups is 1. The fourth-order valence-electron chi connectivity index (χ4n) is 1.78. The second kappa shape index (κ2) is 5.09. The van der Waals surface area contributed by atoms with Gasteiger partial charge in [-0.2, -0.15) is 0 Å². The van der Waals surface area contributed by atoms with E-state index in [0.29, 0.717) is 26.3 Å². The lowest BCUT2D eigenvalue weighted by atomic mass is 10.1. The lowest BCUT2D eigenvalue weighted by Crippen LogP contribution is -2.45. The summed E-state index contributed by atoms with van der Waals surface area (Å²) in [6, 6.07) is 8.89. The molecule has 2 N–H and O–H groups in total. The maximum atomic E-state index is 12.0. The number of amides is 1. The molecule has 0 bridgehead atoms. The third-order valence-electron chi connectivity index (χ3n) is 2.75. The second-order valence-electron chi connectivity index (χ2n) is 3.83. The third kappa shape index (κ3) is 2.40. The van der Waals surface area contributed by atoms with Crippen LogP contribution in [0.4, 0.5) is 0 Å². The van der Waals surface area contributed by atoms with Crippen LogP contribution in [0.5, 0.6) is 0 Å². The highest BCUT2D eigenvalue weighted by Crippen LogP contribution is 2.13. The molecule has 1 aliphatic rings. The van der Waals surface area contributed by atoms with Crippen molar-refractivity contribution < 1.29 is 9.53 Å². The summed E-state index contributed by atoms with van der Waals surface area (Å²) >= 11 is 0. The minimum atomic E-state index is -0.556. The van der Waals surface area contributed by atoms with Gasteiger partial charge in [-0.3, -0.25) is 4.79 Å². The van der Waals surface area contributed by atoms with Gasteiger partial charge in [0.1, 0.15) is 6.04 Å². The minimum absolute atomic E-state index is 0.0190. The van der Waals surface area contributed by atoms with E-state index in [0.717, 1.165) is 5.56 Å². The number of nitrogens with two attached hydrogens (primary N) is 1. The molecule has 1 aromatic rings. The Hall–Kier alpha value is -1.39. The van der Waals surface area contributed by atoms with Crippen LogP contribution >= 0.6 is 0 Å². The van der Waals surface area contributed by atoms with Gasteiger partial charge in [0, 0.05) is 13.1 Å². The van der Waals surface area contributed by atoms with Gasteiger partial charge < -0.3 is 15.4 Å². The molecule has 0 saturated carbocycles. The topological polar surface area (TPSA) is 55.6 Å². The number of benzene rings is 1. The lowest BCUT2D eigenvalue weighted by molar-refractivity contribution is -0.136. The molecule has 1 aromatic carbocycles. The largest absolute Gasteiger partial charge is 0.378 e. The van der Waals surface area contributed by atoms with Gasteiger partial charge in [0.15, 0.2) is 0 Å². The number of rotatable bonds is 2. The van der Waals surface area contributed by atoms with E-state index in [9.17, 15) is 4.79 Å².